The molecule has 2 rings (SSSR count). The summed E-state index contributed by atoms with van der Waals surface area (Å²) in [5.41, 5.74) is 1.09. The van der Waals surface area contributed by atoms with E-state index < -0.39 is 0 Å². The second-order valence-corrected chi connectivity index (χ2v) is 5.19. The molecule has 1 unspecified atom stereocenters. The Hall–Kier alpha value is -1.41. The third kappa shape index (κ3) is 4.31. The summed E-state index contributed by atoms with van der Waals surface area (Å²) in [4.78, 5) is 2.33. The number of aliphatic hydroxyl groups is 1. The normalized spacial score (nSPS) is 18.6. The van der Waals surface area contributed by atoms with E-state index in [4.69, 9.17) is 9.84 Å². The average Bonchev–Trinajstić information content (AvgIpc) is 2.52. The molecule has 1 heterocycles. The maximum atomic E-state index is 9.35. The van der Waals surface area contributed by atoms with Crippen LogP contribution in [0.4, 0.5) is 0 Å². The predicted octanol–water partition coefficient (Wildman–Crippen LogP) is 1.77. The first-order valence-corrected chi connectivity index (χ1v) is 7.23. The van der Waals surface area contributed by atoms with Gasteiger partial charge in [-0.25, -0.2) is 0 Å². The Morgan fingerprint density at radius 3 is 2.60 bits per heavy atom. The van der Waals surface area contributed by atoms with Crippen molar-refractivity contribution in [2.45, 2.75) is 24.9 Å². The predicted molar refractivity (Wildman–Crippen MR) is 77.3 cm³/mol. The average molecular weight is 274 g/mol. The number of nitrogens with zero attached hydrogens (tertiary/aromatic N) is 2. The van der Waals surface area contributed by atoms with Crippen LogP contribution in [-0.4, -0.2) is 49.0 Å². The number of piperidine rings is 1. The molecule has 0 bridgehead atoms. The molecule has 1 aliphatic heterocycles. The summed E-state index contributed by atoms with van der Waals surface area (Å²) in [7, 11) is 0. The van der Waals surface area contributed by atoms with Gasteiger partial charge in [-0.1, -0.05) is 30.3 Å². The van der Waals surface area contributed by atoms with Gasteiger partial charge in [0.15, 0.2) is 0 Å². The summed E-state index contributed by atoms with van der Waals surface area (Å²) in [6, 6.07) is 12.4. The zero-order valence-corrected chi connectivity index (χ0v) is 11.7. The minimum Gasteiger partial charge on any atom is -0.394 e. The zero-order valence-electron chi connectivity index (χ0n) is 11.7. The Kier molecular flexibility index (Phi) is 6.00. The molecule has 1 aromatic rings. The van der Waals surface area contributed by atoms with Crippen molar-refractivity contribution in [3.8, 4) is 6.07 Å². The van der Waals surface area contributed by atoms with E-state index in [0.717, 1.165) is 38.0 Å². The summed E-state index contributed by atoms with van der Waals surface area (Å²) in [6.07, 6.45) is 2.22. The third-order valence-electron chi connectivity index (χ3n) is 3.78. The minimum atomic E-state index is -0.0638. The molecule has 1 aromatic carbocycles. The summed E-state index contributed by atoms with van der Waals surface area (Å²) in [5, 5.41) is 18.1. The molecule has 4 heteroatoms. The Morgan fingerprint density at radius 1 is 1.30 bits per heavy atom. The second-order valence-electron chi connectivity index (χ2n) is 5.19. The van der Waals surface area contributed by atoms with Crippen LogP contribution < -0.4 is 0 Å². The topological polar surface area (TPSA) is 56.5 Å². The molecule has 0 amide bonds. The van der Waals surface area contributed by atoms with Crippen molar-refractivity contribution < 1.29 is 9.84 Å². The molecule has 0 spiro atoms. The van der Waals surface area contributed by atoms with E-state index in [1.165, 1.54) is 0 Å². The Labute approximate surface area is 120 Å². The standard InChI is InChI=1S/C16H22N2O2/c17-12-15(14-4-2-1-3-5-14)13-18-8-6-16(7-9-18)20-11-10-19/h1-5,15-16,19H,6-11,13H2. The van der Waals surface area contributed by atoms with Crippen molar-refractivity contribution in [2.24, 2.45) is 0 Å². The van der Waals surface area contributed by atoms with Crippen molar-refractivity contribution in [3.63, 3.8) is 0 Å². The Bertz CT molecular complexity index is 422. The number of aliphatic hydroxyl groups excluding tert-OH is 1. The van der Waals surface area contributed by atoms with Crippen molar-refractivity contribution >= 4 is 0 Å². The number of rotatable bonds is 6. The van der Waals surface area contributed by atoms with Gasteiger partial charge in [0.25, 0.3) is 0 Å². The largest absolute Gasteiger partial charge is 0.394 e. The highest BCUT2D eigenvalue weighted by atomic mass is 16.5. The highest BCUT2D eigenvalue weighted by Crippen LogP contribution is 2.20. The van der Waals surface area contributed by atoms with Crippen LogP contribution in [0.2, 0.25) is 0 Å². The first-order valence-electron chi connectivity index (χ1n) is 7.23. The van der Waals surface area contributed by atoms with Crippen molar-refractivity contribution in [1.29, 1.82) is 5.26 Å². The number of nitriles is 1. The fraction of sp³-hybridized carbons (Fsp3) is 0.562. The van der Waals surface area contributed by atoms with E-state index in [1.54, 1.807) is 0 Å². The third-order valence-corrected chi connectivity index (χ3v) is 3.78. The summed E-state index contributed by atoms with van der Waals surface area (Å²) in [5.74, 6) is -0.0638. The smallest absolute Gasteiger partial charge is 0.0839 e. The second kappa shape index (κ2) is 8.01. The molecule has 1 aliphatic rings. The number of hydrogen-bond acceptors (Lipinski definition) is 4. The van der Waals surface area contributed by atoms with Gasteiger partial charge in [0.1, 0.15) is 0 Å². The van der Waals surface area contributed by atoms with Gasteiger partial charge in [0, 0.05) is 19.6 Å². The van der Waals surface area contributed by atoms with Crippen molar-refractivity contribution in [3.05, 3.63) is 35.9 Å². The van der Waals surface area contributed by atoms with Gasteiger partial charge in [0.2, 0.25) is 0 Å². The van der Waals surface area contributed by atoms with Crippen LogP contribution in [0.5, 0.6) is 0 Å². The summed E-state index contributed by atoms with van der Waals surface area (Å²) < 4.78 is 5.55. The van der Waals surface area contributed by atoms with E-state index in [2.05, 4.69) is 11.0 Å². The van der Waals surface area contributed by atoms with Crippen LogP contribution in [0, 0.1) is 11.3 Å². The molecule has 0 aromatic heterocycles. The van der Waals surface area contributed by atoms with Crippen LogP contribution in [0.15, 0.2) is 30.3 Å². The fourth-order valence-corrected chi connectivity index (χ4v) is 2.64. The van der Waals surface area contributed by atoms with Crippen molar-refractivity contribution in [2.75, 3.05) is 32.8 Å². The van der Waals surface area contributed by atoms with Crippen LogP contribution in [0.1, 0.15) is 24.3 Å². The van der Waals surface area contributed by atoms with Gasteiger partial charge >= 0.3 is 0 Å². The summed E-state index contributed by atoms with van der Waals surface area (Å²) >= 11 is 0. The Morgan fingerprint density at radius 2 is 2.00 bits per heavy atom. The molecule has 0 radical (unpaired) electrons. The molecule has 108 valence electrons. The van der Waals surface area contributed by atoms with Crippen LogP contribution in [-0.2, 0) is 4.74 Å². The van der Waals surface area contributed by atoms with E-state index in [-0.39, 0.29) is 18.6 Å². The van der Waals surface area contributed by atoms with Gasteiger partial charge < -0.3 is 14.7 Å². The minimum absolute atomic E-state index is 0.0638. The van der Waals surface area contributed by atoms with Gasteiger partial charge in [-0.3, -0.25) is 0 Å². The number of ether oxygens (including phenoxy) is 1. The quantitative estimate of drug-likeness (QED) is 0.859. The number of likely N-dealkylation sites (tertiary alicyclic amines) is 1. The zero-order chi connectivity index (χ0) is 14.2. The molecule has 1 fully saturated rings. The summed E-state index contributed by atoms with van der Waals surface area (Å²) in [6.45, 7) is 3.22. The first-order chi connectivity index (χ1) is 9.83. The number of hydrogen-bond donors (Lipinski definition) is 1. The number of benzene rings is 1. The lowest BCUT2D eigenvalue weighted by Gasteiger charge is -2.32. The van der Waals surface area contributed by atoms with Crippen LogP contribution >= 0.6 is 0 Å². The van der Waals surface area contributed by atoms with E-state index >= 15 is 0 Å². The lowest BCUT2D eigenvalue weighted by Crippen LogP contribution is -2.39. The van der Waals surface area contributed by atoms with E-state index in [0.29, 0.717) is 6.61 Å². The van der Waals surface area contributed by atoms with Crippen LogP contribution in [0.25, 0.3) is 0 Å². The molecular formula is C16H22N2O2. The molecule has 20 heavy (non-hydrogen) atoms. The maximum Gasteiger partial charge on any atom is 0.0839 e. The van der Waals surface area contributed by atoms with Gasteiger partial charge in [-0.2, -0.15) is 5.26 Å². The first kappa shape index (κ1) is 15.0. The van der Waals surface area contributed by atoms with Crippen molar-refractivity contribution in [1.82, 2.24) is 4.90 Å². The SMILES string of the molecule is N#CC(CN1CCC(OCCO)CC1)c1ccccc1. The van der Waals surface area contributed by atoms with Crippen LogP contribution in [0.3, 0.4) is 0 Å². The maximum absolute atomic E-state index is 9.35. The van der Waals surface area contributed by atoms with Gasteiger partial charge in [0.05, 0.1) is 31.3 Å². The van der Waals surface area contributed by atoms with E-state index in [9.17, 15) is 5.26 Å². The van der Waals surface area contributed by atoms with E-state index in [1.807, 2.05) is 30.3 Å². The molecule has 0 saturated carbocycles. The lowest BCUT2D eigenvalue weighted by molar-refractivity contribution is -0.00793. The lowest BCUT2D eigenvalue weighted by atomic mass is 9.98. The fourth-order valence-electron chi connectivity index (χ4n) is 2.64. The highest BCUT2D eigenvalue weighted by molar-refractivity contribution is 5.25. The van der Waals surface area contributed by atoms with Gasteiger partial charge in [-0.05, 0) is 18.4 Å². The molecule has 1 atom stereocenters. The Balaban J connectivity index is 1.81. The molecule has 1 N–H and O–H groups in total. The molecule has 0 aliphatic carbocycles. The molecule has 4 nitrogen and oxygen atoms in total. The highest BCUT2D eigenvalue weighted by Gasteiger charge is 2.22. The molecular weight excluding hydrogens is 252 g/mol. The molecule has 1 saturated heterocycles. The van der Waals surface area contributed by atoms with Gasteiger partial charge in [-0.15, -0.1) is 0 Å². The monoisotopic (exact) mass is 274 g/mol.